The van der Waals surface area contributed by atoms with E-state index in [0.29, 0.717) is 6.61 Å². The zero-order valence-corrected chi connectivity index (χ0v) is 10.5. The fraction of sp³-hybridized carbons (Fsp3) is 0.455. The van der Waals surface area contributed by atoms with Crippen molar-refractivity contribution in [2.45, 2.75) is 13.3 Å². The first-order chi connectivity index (χ1) is 8.04. The van der Waals surface area contributed by atoms with Crippen molar-refractivity contribution in [3.8, 4) is 0 Å². The fourth-order valence-corrected chi connectivity index (χ4v) is 1.36. The number of carbonyl (C=O) groups excluding carboxylic acids is 2. The predicted octanol–water partition coefficient (Wildman–Crippen LogP) is 1.96. The van der Waals surface area contributed by atoms with Crippen LogP contribution in [0.1, 0.15) is 23.9 Å². The lowest BCUT2D eigenvalue weighted by atomic mass is 10.3. The fourth-order valence-electron chi connectivity index (χ4n) is 1.21. The summed E-state index contributed by atoms with van der Waals surface area (Å²) in [5, 5.41) is 0.159. The number of hydrogen-bond donors (Lipinski definition) is 0. The minimum Gasteiger partial charge on any atom is -0.466 e. The van der Waals surface area contributed by atoms with Gasteiger partial charge in [0, 0.05) is 13.6 Å². The zero-order chi connectivity index (χ0) is 12.8. The lowest BCUT2D eigenvalue weighted by Gasteiger charge is -2.14. The monoisotopic (exact) mass is 259 g/mol. The largest absolute Gasteiger partial charge is 0.466 e. The molecule has 5 nitrogen and oxygen atoms in total. The van der Waals surface area contributed by atoms with E-state index >= 15 is 0 Å². The van der Waals surface area contributed by atoms with Gasteiger partial charge in [-0.05, 0) is 30.7 Å². The highest BCUT2D eigenvalue weighted by Gasteiger charge is 2.16. The van der Waals surface area contributed by atoms with Gasteiger partial charge in [0.05, 0.1) is 13.0 Å². The molecule has 17 heavy (non-hydrogen) atoms. The number of hydrogen-bond acceptors (Lipinski definition) is 4. The summed E-state index contributed by atoms with van der Waals surface area (Å²) in [6.07, 6.45) is 0.157. The van der Waals surface area contributed by atoms with E-state index in [4.69, 9.17) is 20.8 Å². The average molecular weight is 260 g/mol. The van der Waals surface area contributed by atoms with Crippen molar-refractivity contribution >= 4 is 23.5 Å². The number of rotatable bonds is 5. The van der Waals surface area contributed by atoms with Gasteiger partial charge in [0.25, 0.3) is 5.91 Å². The van der Waals surface area contributed by atoms with Crippen LogP contribution in [-0.4, -0.2) is 37.0 Å². The third-order valence-electron chi connectivity index (χ3n) is 2.09. The molecule has 0 aliphatic rings. The normalized spacial score (nSPS) is 10.1. The summed E-state index contributed by atoms with van der Waals surface area (Å²) in [6.45, 7) is 2.35. The second-order valence-corrected chi connectivity index (χ2v) is 3.76. The molecule has 1 rings (SSSR count). The number of esters is 1. The topological polar surface area (TPSA) is 59.8 Å². The number of nitrogens with zero attached hydrogens (tertiary/aromatic N) is 1. The average Bonchev–Trinajstić information content (AvgIpc) is 2.72. The van der Waals surface area contributed by atoms with Gasteiger partial charge >= 0.3 is 5.97 Å². The summed E-state index contributed by atoms with van der Waals surface area (Å²) in [5.41, 5.74) is 0. The standard InChI is InChI=1S/C11H14ClNO4/c1-3-16-10(14)6-7-13(2)11(15)8-4-5-9(12)17-8/h4-5H,3,6-7H2,1-2H3. The SMILES string of the molecule is CCOC(=O)CCN(C)C(=O)c1ccc(Cl)o1. The summed E-state index contributed by atoms with van der Waals surface area (Å²) in [5.74, 6) is -0.493. The van der Waals surface area contributed by atoms with Crippen LogP contribution < -0.4 is 0 Å². The number of carbonyl (C=O) groups is 2. The van der Waals surface area contributed by atoms with E-state index in [1.54, 1.807) is 14.0 Å². The van der Waals surface area contributed by atoms with E-state index < -0.39 is 0 Å². The molecule has 6 heteroatoms. The molecule has 0 aliphatic carbocycles. The van der Waals surface area contributed by atoms with Crippen molar-refractivity contribution in [2.75, 3.05) is 20.2 Å². The second-order valence-electron chi connectivity index (χ2n) is 3.39. The Morgan fingerprint density at radius 2 is 2.18 bits per heavy atom. The highest BCUT2D eigenvalue weighted by molar-refractivity contribution is 6.29. The summed E-state index contributed by atoms with van der Waals surface area (Å²) in [4.78, 5) is 24.2. The number of ether oxygens (including phenoxy) is 1. The lowest BCUT2D eigenvalue weighted by molar-refractivity contribution is -0.143. The van der Waals surface area contributed by atoms with Gasteiger partial charge in [0.2, 0.25) is 0 Å². The molecule has 0 radical (unpaired) electrons. The Labute approximate surface area is 104 Å². The first kappa shape index (κ1) is 13.6. The molecule has 0 atom stereocenters. The third-order valence-corrected chi connectivity index (χ3v) is 2.29. The molecule has 1 amide bonds. The quantitative estimate of drug-likeness (QED) is 0.759. The van der Waals surface area contributed by atoms with E-state index in [9.17, 15) is 9.59 Å². The van der Waals surface area contributed by atoms with Crippen molar-refractivity contribution in [3.63, 3.8) is 0 Å². The van der Waals surface area contributed by atoms with Crippen molar-refractivity contribution in [1.29, 1.82) is 0 Å². The summed E-state index contributed by atoms with van der Waals surface area (Å²) >= 11 is 5.57. The Morgan fingerprint density at radius 1 is 1.47 bits per heavy atom. The van der Waals surface area contributed by atoms with Crippen LogP contribution in [0.5, 0.6) is 0 Å². The van der Waals surface area contributed by atoms with Gasteiger partial charge in [0.15, 0.2) is 11.0 Å². The highest BCUT2D eigenvalue weighted by Crippen LogP contribution is 2.14. The number of amides is 1. The van der Waals surface area contributed by atoms with Crippen LogP contribution in [0.3, 0.4) is 0 Å². The third kappa shape index (κ3) is 4.11. The van der Waals surface area contributed by atoms with Crippen LogP contribution in [-0.2, 0) is 9.53 Å². The molecule has 0 aromatic carbocycles. The predicted molar refractivity (Wildman–Crippen MR) is 61.9 cm³/mol. The van der Waals surface area contributed by atoms with E-state index in [1.165, 1.54) is 17.0 Å². The first-order valence-corrected chi connectivity index (χ1v) is 5.58. The molecule has 1 aromatic heterocycles. The summed E-state index contributed by atoms with van der Waals surface area (Å²) < 4.78 is 9.74. The Kier molecular flexibility index (Phi) is 5.03. The number of halogens is 1. The zero-order valence-electron chi connectivity index (χ0n) is 9.73. The summed E-state index contributed by atoms with van der Waals surface area (Å²) in [6, 6.07) is 2.99. The van der Waals surface area contributed by atoms with Gasteiger partial charge in [0.1, 0.15) is 0 Å². The molecule has 0 fully saturated rings. The molecule has 1 heterocycles. The lowest BCUT2D eigenvalue weighted by Crippen LogP contribution is -2.29. The van der Waals surface area contributed by atoms with Crippen LogP contribution in [0.2, 0.25) is 5.22 Å². The Balaban J connectivity index is 2.45. The van der Waals surface area contributed by atoms with Crippen LogP contribution in [0.15, 0.2) is 16.5 Å². The Bertz CT molecular complexity index is 402. The maximum absolute atomic E-state index is 11.7. The molecule has 1 aromatic rings. The van der Waals surface area contributed by atoms with Crippen molar-refractivity contribution in [3.05, 3.63) is 23.1 Å². The van der Waals surface area contributed by atoms with E-state index in [2.05, 4.69) is 0 Å². The molecule has 0 N–H and O–H groups in total. The first-order valence-electron chi connectivity index (χ1n) is 5.21. The van der Waals surface area contributed by atoms with Crippen LogP contribution in [0.4, 0.5) is 0 Å². The van der Waals surface area contributed by atoms with Crippen LogP contribution >= 0.6 is 11.6 Å². The highest BCUT2D eigenvalue weighted by atomic mass is 35.5. The van der Waals surface area contributed by atoms with Gasteiger partial charge in [-0.3, -0.25) is 9.59 Å². The molecule has 0 unspecified atom stereocenters. The second kappa shape index (κ2) is 6.30. The van der Waals surface area contributed by atoms with Crippen LogP contribution in [0.25, 0.3) is 0 Å². The Hall–Kier alpha value is -1.49. The molecular weight excluding hydrogens is 246 g/mol. The molecule has 0 saturated heterocycles. The molecule has 0 spiro atoms. The molecule has 0 saturated carbocycles. The van der Waals surface area contributed by atoms with E-state index in [1.807, 2.05) is 0 Å². The molecule has 0 bridgehead atoms. The van der Waals surface area contributed by atoms with Crippen molar-refractivity contribution in [2.24, 2.45) is 0 Å². The maximum Gasteiger partial charge on any atom is 0.307 e. The van der Waals surface area contributed by atoms with Gasteiger partial charge in [-0.25, -0.2) is 0 Å². The van der Waals surface area contributed by atoms with Gasteiger partial charge < -0.3 is 14.1 Å². The molecule has 94 valence electrons. The smallest absolute Gasteiger partial charge is 0.307 e. The minimum absolute atomic E-state index is 0.154. The van der Waals surface area contributed by atoms with E-state index in [0.717, 1.165) is 0 Å². The van der Waals surface area contributed by atoms with Gasteiger partial charge in [-0.1, -0.05) is 0 Å². The van der Waals surface area contributed by atoms with Gasteiger partial charge in [-0.15, -0.1) is 0 Å². The maximum atomic E-state index is 11.7. The van der Waals surface area contributed by atoms with Crippen molar-refractivity contribution in [1.82, 2.24) is 4.90 Å². The number of furan rings is 1. The van der Waals surface area contributed by atoms with E-state index in [-0.39, 0.29) is 35.8 Å². The minimum atomic E-state index is -0.329. The van der Waals surface area contributed by atoms with Gasteiger partial charge in [-0.2, -0.15) is 0 Å². The molecular formula is C11H14ClNO4. The van der Waals surface area contributed by atoms with Crippen molar-refractivity contribution < 1.29 is 18.7 Å². The van der Waals surface area contributed by atoms with Crippen LogP contribution in [0, 0.1) is 0 Å². The molecule has 0 aliphatic heterocycles. The Morgan fingerprint density at radius 3 is 2.71 bits per heavy atom. The summed E-state index contributed by atoms with van der Waals surface area (Å²) in [7, 11) is 1.58.